The van der Waals surface area contributed by atoms with Gasteiger partial charge in [-0.25, -0.2) is 0 Å². The monoisotopic (exact) mass is 321 g/mol. The SMILES string of the molecule is CCOCCOc1ccc(NC(=O)CC2NCCNC2=O)cc1. The minimum absolute atomic E-state index is 0.110. The van der Waals surface area contributed by atoms with E-state index < -0.39 is 6.04 Å². The molecule has 2 amide bonds. The number of benzene rings is 1. The molecule has 7 nitrogen and oxygen atoms in total. The molecule has 126 valence electrons. The summed E-state index contributed by atoms with van der Waals surface area (Å²) in [6.07, 6.45) is 0.110. The number of anilines is 1. The third-order valence-corrected chi connectivity index (χ3v) is 3.36. The molecule has 0 spiro atoms. The van der Waals surface area contributed by atoms with Gasteiger partial charge in [0.05, 0.1) is 19.1 Å². The number of rotatable bonds is 8. The molecule has 1 aliphatic heterocycles. The van der Waals surface area contributed by atoms with Crippen LogP contribution in [-0.2, 0) is 14.3 Å². The summed E-state index contributed by atoms with van der Waals surface area (Å²) in [5.41, 5.74) is 0.670. The van der Waals surface area contributed by atoms with E-state index >= 15 is 0 Å². The van der Waals surface area contributed by atoms with E-state index in [1.807, 2.05) is 6.92 Å². The molecule has 0 bridgehead atoms. The molecule has 0 aliphatic carbocycles. The van der Waals surface area contributed by atoms with Crippen LogP contribution in [0.3, 0.4) is 0 Å². The third-order valence-electron chi connectivity index (χ3n) is 3.36. The van der Waals surface area contributed by atoms with Gasteiger partial charge in [-0.15, -0.1) is 0 Å². The highest BCUT2D eigenvalue weighted by Crippen LogP contribution is 2.16. The van der Waals surface area contributed by atoms with Gasteiger partial charge >= 0.3 is 0 Å². The van der Waals surface area contributed by atoms with Gasteiger partial charge in [0.15, 0.2) is 0 Å². The summed E-state index contributed by atoms with van der Waals surface area (Å²) in [4.78, 5) is 23.6. The van der Waals surface area contributed by atoms with Gasteiger partial charge in [-0.2, -0.15) is 0 Å². The van der Waals surface area contributed by atoms with Crippen molar-refractivity contribution in [2.45, 2.75) is 19.4 Å². The Balaban J connectivity index is 1.76. The second-order valence-corrected chi connectivity index (χ2v) is 5.12. The molecule has 1 unspecified atom stereocenters. The van der Waals surface area contributed by atoms with Crippen LogP contribution in [0.25, 0.3) is 0 Å². The van der Waals surface area contributed by atoms with Crippen molar-refractivity contribution in [3.05, 3.63) is 24.3 Å². The molecular weight excluding hydrogens is 298 g/mol. The van der Waals surface area contributed by atoms with Gasteiger partial charge in [-0.05, 0) is 31.2 Å². The summed E-state index contributed by atoms with van der Waals surface area (Å²) in [5.74, 6) is 0.380. The predicted octanol–water partition coefficient (Wildman–Crippen LogP) is 0.519. The lowest BCUT2D eigenvalue weighted by Crippen LogP contribution is -2.53. The maximum absolute atomic E-state index is 12.0. The number of piperazine rings is 1. The van der Waals surface area contributed by atoms with Gasteiger partial charge in [0.1, 0.15) is 12.4 Å². The van der Waals surface area contributed by atoms with Crippen molar-refractivity contribution in [2.24, 2.45) is 0 Å². The van der Waals surface area contributed by atoms with Crippen LogP contribution in [-0.4, -0.2) is 50.8 Å². The Hall–Kier alpha value is -2.12. The Morgan fingerprint density at radius 3 is 2.74 bits per heavy atom. The van der Waals surface area contributed by atoms with Gasteiger partial charge in [0.2, 0.25) is 11.8 Å². The average molecular weight is 321 g/mol. The molecule has 3 N–H and O–H groups in total. The van der Waals surface area contributed by atoms with Crippen LogP contribution in [0.4, 0.5) is 5.69 Å². The number of ether oxygens (including phenoxy) is 2. The maximum atomic E-state index is 12.0. The van der Waals surface area contributed by atoms with Gasteiger partial charge in [-0.3, -0.25) is 9.59 Å². The molecule has 7 heteroatoms. The van der Waals surface area contributed by atoms with Crippen molar-refractivity contribution in [2.75, 3.05) is 38.2 Å². The van der Waals surface area contributed by atoms with Crippen LogP contribution < -0.4 is 20.7 Å². The molecule has 0 radical (unpaired) electrons. The molecule has 1 aromatic carbocycles. The van der Waals surface area contributed by atoms with Gasteiger partial charge in [0.25, 0.3) is 0 Å². The molecule has 0 aromatic heterocycles. The summed E-state index contributed by atoms with van der Waals surface area (Å²) in [5, 5.41) is 8.53. The Bertz CT molecular complexity index is 519. The Morgan fingerprint density at radius 2 is 2.04 bits per heavy atom. The summed E-state index contributed by atoms with van der Waals surface area (Å²) >= 11 is 0. The molecule has 23 heavy (non-hydrogen) atoms. The highest BCUT2D eigenvalue weighted by Gasteiger charge is 2.23. The van der Waals surface area contributed by atoms with Crippen molar-refractivity contribution in [1.29, 1.82) is 0 Å². The zero-order valence-corrected chi connectivity index (χ0v) is 13.3. The van der Waals surface area contributed by atoms with Gasteiger partial charge in [0, 0.05) is 25.4 Å². The summed E-state index contributed by atoms with van der Waals surface area (Å²) in [6, 6.07) is 6.63. The molecule has 1 aromatic rings. The van der Waals surface area contributed by atoms with Gasteiger partial charge < -0.3 is 25.4 Å². The molecule has 1 atom stereocenters. The first-order valence-electron chi connectivity index (χ1n) is 7.80. The van der Waals surface area contributed by atoms with Crippen LogP contribution in [0.2, 0.25) is 0 Å². The Labute approximate surface area is 135 Å². The number of carbonyl (C=O) groups is 2. The van der Waals surface area contributed by atoms with E-state index in [-0.39, 0.29) is 18.2 Å². The van der Waals surface area contributed by atoms with E-state index in [9.17, 15) is 9.59 Å². The molecule has 1 aliphatic rings. The molecule has 1 fully saturated rings. The van der Waals surface area contributed by atoms with Crippen molar-refractivity contribution in [3.63, 3.8) is 0 Å². The highest BCUT2D eigenvalue weighted by molar-refractivity contribution is 5.95. The number of hydrogen-bond donors (Lipinski definition) is 3. The van der Waals surface area contributed by atoms with Crippen LogP contribution in [0, 0.1) is 0 Å². The van der Waals surface area contributed by atoms with E-state index in [1.165, 1.54) is 0 Å². The van der Waals surface area contributed by atoms with Crippen molar-refractivity contribution < 1.29 is 19.1 Å². The normalized spacial score (nSPS) is 17.4. The van der Waals surface area contributed by atoms with E-state index in [0.29, 0.717) is 38.6 Å². The molecule has 0 saturated carbocycles. The fraction of sp³-hybridized carbons (Fsp3) is 0.500. The van der Waals surface area contributed by atoms with Gasteiger partial charge in [-0.1, -0.05) is 0 Å². The second kappa shape index (κ2) is 9.12. The van der Waals surface area contributed by atoms with Crippen molar-refractivity contribution >= 4 is 17.5 Å². The number of carbonyl (C=O) groups excluding carboxylic acids is 2. The number of hydrogen-bond acceptors (Lipinski definition) is 5. The van der Waals surface area contributed by atoms with E-state index in [4.69, 9.17) is 9.47 Å². The molecular formula is C16H23N3O4. The summed E-state index contributed by atoms with van der Waals surface area (Å²) < 4.78 is 10.7. The third kappa shape index (κ3) is 5.88. The minimum atomic E-state index is -0.468. The van der Waals surface area contributed by atoms with E-state index in [0.717, 1.165) is 5.75 Å². The van der Waals surface area contributed by atoms with Crippen LogP contribution in [0.5, 0.6) is 5.75 Å². The average Bonchev–Trinajstić information content (AvgIpc) is 2.55. The van der Waals surface area contributed by atoms with Crippen LogP contribution in [0.1, 0.15) is 13.3 Å². The predicted molar refractivity (Wildman–Crippen MR) is 86.5 cm³/mol. The summed E-state index contributed by atoms with van der Waals surface area (Å²) in [6.45, 7) is 4.92. The number of nitrogens with one attached hydrogen (secondary N) is 3. The first-order chi connectivity index (χ1) is 11.2. The highest BCUT2D eigenvalue weighted by atomic mass is 16.5. The van der Waals surface area contributed by atoms with Crippen molar-refractivity contribution in [1.82, 2.24) is 10.6 Å². The zero-order chi connectivity index (χ0) is 16.5. The Kier molecular flexibility index (Phi) is 6.83. The lowest BCUT2D eigenvalue weighted by molar-refractivity contribution is -0.127. The van der Waals surface area contributed by atoms with Crippen LogP contribution in [0.15, 0.2) is 24.3 Å². The quantitative estimate of drug-likeness (QED) is 0.608. The van der Waals surface area contributed by atoms with E-state index in [1.54, 1.807) is 24.3 Å². The number of amides is 2. The first kappa shape index (κ1) is 17.2. The molecule has 1 saturated heterocycles. The van der Waals surface area contributed by atoms with E-state index in [2.05, 4.69) is 16.0 Å². The van der Waals surface area contributed by atoms with Crippen molar-refractivity contribution in [3.8, 4) is 5.75 Å². The van der Waals surface area contributed by atoms with Crippen LogP contribution >= 0.6 is 0 Å². The fourth-order valence-corrected chi connectivity index (χ4v) is 2.21. The Morgan fingerprint density at radius 1 is 1.26 bits per heavy atom. The largest absolute Gasteiger partial charge is 0.491 e. The molecule has 1 heterocycles. The molecule has 2 rings (SSSR count). The standard InChI is InChI=1S/C16H23N3O4/c1-2-22-9-10-23-13-5-3-12(4-6-13)19-15(20)11-14-16(21)18-8-7-17-14/h3-6,14,17H,2,7-11H2,1H3,(H,18,21)(H,19,20). The topological polar surface area (TPSA) is 88.7 Å². The lowest BCUT2D eigenvalue weighted by Gasteiger charge is -2.22. The smallest absolute Gasteiger partial charge is 0.237 e. The second-order valence-electron chi connectivity index (χ2n) is 5.12. The summed E-state index contributed by atoms with van der Waals surface area (Å²) in [7, 11) is 0. The zero-order valence-electron chi connectivity index (χ0n) is 13.3. The lowest BCUT2D eigenvalue weighted by atomic mass is 10.1. The first-order valence-corrected chi connectivity index (χ1v) is 7.80. The fourth-order valence-electron chi connectivity index (χ4n) is 2.21. The maximum Gasteiger partial charge on any atom is 0.237 e. The minimum Gasteiger partial charge on any atom is -0.491 e.